The summed E-state index contributed by atoms with van der Waals surface area (Å²) < 4.78 is 20.0. The Morgan fingerprint density at radius 3 is 1.39 bits per heavy atom. The van der Waals surface area contributed by atoms with Crippen molar-refractivity contribution in [2.24, 2.45) is 0 Å². The summed E-state index contributed by atoms with van der Waals surface area (Å²) in [6.45, 7) is 5.46. The Morgan fingerprint density at radius 2 is 0.921 bits per heavy atom. The van der Waals surface area contributed by atoms with Gasteiger partial charge in [0, 0.05) is 19.1 Å². The molecule has 1 heterocycles. The van der Waals surface area contributed by atoms with Gasteiger partial charge in [-0.1, -0.05) is 121 Å². The van der Waals surface area contributed by atoms with Crippen LogP contribution in [0.15, 0.2) is 121 Å². The lowest BCUT2D eigenvalue weighted by molar-refractivity contribution is -0.202. The van der Waals surface area contributed by atoms with E-state index in [-0.39, 0.29) is 24.4 Å². The zero-order chi connectivity index (χ0) is 26.0. The van der Waals surface area contributed by atoms with Crippen molar-refractivity contribution in [3.63, 3.8) is 0 Å². The molecule has 4 aromatic rings. The van der Waals surface area contributed by atoms with Gasteiger partial charge in [0.2, 0.25) is 0 Å². The van der Waals surface area contributed by atoms with E-state index in [1.165, 1.54) is 5.56 Å². The molecule has 1 aliphatic rings. The van der Waals surface area contributed by atoms with E-state index in [1.54, 1.807) is 0 Å². The topological polar surface area (TPSA) is 30.9 Å². The summed E-state index contributed by atoms with van der Waals surface area (Å²) in [5, 5.41) is 0. The molecule has 0 spiro atoms. The molecule has 4 aromatic carbocycles. The van der Waals surface area contributed by atoms with Gasteiger partial charge in [-0.3, -0.25) is 4.90 Å². The van der Waals surface area contributed by atoms with Crippen molar-refractivity contribution in [3.05, 3.63) is 144 Å². The highest BCUT2D eigenvalue weighted by atomic mass is 16.6. The minimum absolute atomic E-state index is 0.139. The highest BCUT2D eigenvalue weighted by molar-refractivity contribution is 5.17. The van der Waals surface area contributed by atoms with E-state index < -0.39 is 0 Å². The number of piperidine rings is 1. The molecule has 1 aliphatic heterocycles. The largest absolute Gasteiger partial charge is 0.369 e. The molecule has 0 radical (unpaired) electrons. The van der Waals surface area contributed by atoms with Gasteiger partial charge in [0.15, 0.2) is 0 Å². The Labute approximate surface area is 226 Å². The van der Waals surface area contributed by atoms with Gasteiger partial charge in [0.25, 0.3) is 0 Å². The molecule has 1 fully saturated rings. The average Bonchev–Trinajstić information content (AvgIpc) is 2.98. The van der Waals surface area contributed by atoms with E-state index >= 15 is 0 Å². The number of nitrogens with zero attached hydrogens (tertiary/aromatic N) is 1. The third kappa shape index (κ3) is 7.18. The maximum absolute atomic E-state index is 6.69. The molecule has 0 saturated carbocycles. The number of rotatable bonds is 11. The summed E-state index contributed by atoms with van der Waals surface area (Å²) in [5.41, 5.74) is 4.75. The smallest absolute Gasteiger partial charge is 0.113 e. The summed E-state index contributed by atoms with van der Waals surface area (Å²) in [7, 11) is 0. The lowest BCUT2D eigenvalue weighted by Gasteiger charge is -2.47. The molecule has 5 rings (SSSR count). The van der Waals surface area contributed by atoms with Gasteiger partial charge in [0.05, 0.1) is 25.9 Å². The zero-order valence-corrected chi connectivity index (χ0v) is 22.1. The second-order valence-electron chi connectivity index (χ2n) is 10.0. The highest BCUT2D eigenvalue weighted by Gasteiger charge is 2.44. The van der Waals surface area contributed by atoms with Crippen LogP contribution in [0.25, 0.3) is 0 Å². The van der Waals surface area contributed by atoms with Crippen LogP contribution < -0.4 is 0 Å². The molecule has 4 nitrogen and oxygen atoms in total. The Kier molecular flexibility index (Phi) is 9.35. The molecule has 0 bridgehead atoms. The third-order valence-electron chi connectivity index (χ3n) is 7.26. The van der Waals surface area contributed by atoms with Crippen LogP contribution >= 0.6 is 0 Å². The molecular formula is C34H37NO3. The minimum atomic E-state index is -0.204. The molecule has 0 aromatic heterocycles. The maximum Gasteiger partial charge on any atom is 0.113 e. The van der Waals surface area contributed by atoms with Crippen LogP contribution in [0.4, 0.5) is 0 Å². The monoisotopic (exact) mass is 507 g/mol. The fraction of sp³-hybridized carbons (Fsp3) is 0.294. The molecule has 1 saturated heterocycles. The fourth-order valence-electron chi connectivity index (χ4n) is 5.12. The highest BCUT2D eigenvalue weighted by Crippen LogP contribution is 2.29. The van der Waals surface area contributed by atoms with Crippen molar-refractivity contribution < 1.29 is 14.2 Å². The van der Waals surface area contributed by atoms with Crippen LogP contribution in [0.3, 0.4) is 0 Å². The summed E-state index contributed by atoms with van der Waals surface area (Å²) in [5.74, 6) is 0. The summed E-state index contributed by atoms with van der Waals surface area (Å²) >= 11 is 0. The Hall–Kier alpha value is -3.28. The molecule has 4 atom stereocenters. The van der Waals surface area contributed by atoms with Crippen molar-refractivity contribution in [2.75, 3.05) is 6.54 Å². The van der Waals surface area contributed by atoms with Gasteiger partial charge in [-0.2, -0.15) is 0 Å². The summed E-state index contributed by atoms with van der Waals surface area (Å²) in [6, 6.07) is 41.9. The Morgan fingerprint density at radius 1 is 0.526 bits per heavy atom. The van der Waals surface area contributed by atoms with Crippen molar-refractivity contribution in [2.45, 2.75) is 57.6 Å². The van der Waals surface area contributed by atoms with Gasteiger partial charge < -0.3 is 14.2 Å². The van der Waals surface area contributed by atoms with Crippen molar-refractivity contribution in [1.82, 2.24) is 4.90 Å². The lowest BCUT2D eigenvalue weighted by atomic mass is 9.93. The first-order valence-electron chi connectivity index (χ1n) is 13.5. The van der Waals surface area contributed by atoms with E-state index in [0.29, 0.717) is 19.8 Å². The van der Waals surface area contributed by atoms with E-state index in [0.717, 1.165) is 29.8 Å². The first-order chi connectivity index (χ1) is 18.8. The minimum Gasteiger partial charge on any atom is -0.369 e. The predicted octanol–water partition coefficient (Wildman–Crippen LogP) is 6.65. The van der Waals surface area contributed by atoms with E-state index in [1.807, 2.05) is 18.2 Å². The predicted molar refractivity (Wildman–Crippen MR) is 151 cm³/mol. The Balaban J connectivity index is 1.39. The molecule has 0 aliphatic carbocycles. The van der Waals surface area contributed by atoms with Gasteiger partial charge in [-0.05, 0) is 29.2 Å². The molecule has 196 valence electrons. The number of ether oxygens (including phenoxy) is 3. The van der Waals surface area contributed by atoms with Crippen LogP contribution in [0.5, 0.6) is 0 Å². The van der Waals surface area contributed by atoms with Crippen LogP contribution in [0.1, 0.15) is 29.2 Å². The quantitative estimate of drug-likeness (QED) is 0.228. The van der Waals surface area contributed by atoms with Crippen LogP contribution in [-0.4, -0.2) is 35.8 Å². The summed E-state index contributed by atoms with van der Waals surface area (Å²) in [4.78, 5) is 2.48. The van der Waals surface area contributed by atoms with E-state index in [4.69, 9.17) is 14.2 Å². The maximum atomic E-state index is 6.69. The van der Waals surface area contributed by atoms with Gasteiger partial charge in [0.1, 0.15) is 12.2 Å². The van der Waals surface area contributed by atoms with Crippen LogP contribution in [-0.2, 0) is 40.6 Å². The van der Waals surface area contributed by atoms with Crippen LogP contribution in [0.2, 0.25) is 0 Å². The standard InChI is InChI=1S/C34H37NO3/c1-27-33(37-25-30-18-10-4-11-19-30)34(38-26-31-20-12-5-13-21-31)32(36-24-29-16-8-3-9-17-29)23-35(27)22-28-14-6-2-7-15-28/h2-21,27,32-34H,22-26H2,1H3/t27-,32-,33+,34+/m0/s1. The van der Waals surface area contributed by atoms with Gasteiger partial charge in [-0.25, -0.2) is 0 Å². The molecule has 0 unspecified atom stereocenters. The molecule has 0 N–H and O–H groups in total. The number of hydrogen-bond donors (Lipinski definition) is 0. The van der Waals surface area contributed by atoms with Crippen LogP contribution in [0, 0.1) is 0 Å². The van der Waals surface area contributed by atoms with E-state index in [2.05, 4.69) is 115 Å². The SMILES string of the molecule is C[C@H]1[C@@H](OCc2ccccc2)[C@H](OCc2ccccc2)[C@@H](OCc2ccccc2)CN1Cc1ccccc1. The Bertz CT molecular complexity index is 1160. The number of hydrogen-bond acceptors (Lipinski definition) is 4. The second-order valence-corrected chi connectivity index (χ2v) is 10.0. The third-order valence-corrected chi connectivity index (χ3v) is 7.26. The first-order valence-corrected chi connectivity index (χ1v) is 13.5. The lowest BCUT2D eigenvalue weighted by Crippen LogP contribution is -2.62. The van der Waals surface area contributed by atoms with Crippen molar-refractivity contribution in [3.8, 4) is 0 Å². The number of likely N-dealkylation sites (tertiary alicyclic amines) is 1. The average molecular weight is 508 g/mol. The normalized spacial score (nSPS) is 21.8. The zero-order valence-electron chi connectivity index (χ0n) is 22.1. The van der Waals surface area contributed by atoms with Gasteiger partial charge in [-0.15, -0.1) is 0 Å². The fourth-order valence-corrected chi connectivity index (χ4v) is 5.12. The first kappa shape index (κ1) is 26.3. The molecule has 38 heavy (non-hydrogen) atoms. The van der Waals surface area contributed by atoms with Crippen molar-refractivity contribution >= 4 is 0 Å². The molecular weight excluding hydrogens is 470 g/mol. The van der Waals surface area contributed by atoms with Crippen molar-refractivity contribution in [1.29, 1.82) is 0 Å². The molecule has 0 amide bonds. The van der Waals surface area contributed by atoms with E-state index in [9.17, 15) is 0 Å². The number of benzene rings is 4. The van der Waals surface area contributed by atoms with Gasteiger partial charge >= 0.3 is 0 Å². The second kappa shape index (κ2) is 13.5. The molecule has 4 heteroatoms. The summed E-state index contributed by atoms with van der Waals surface area (Å²) in [6.07, 6.45) is -0.499.